The van der Waals surface area contributed by atoms with E-state index < -0.39 is 10.1 Å². The van der Waals surface area contributed by atoms with Crippen molar-refractivity contribution in [3.05, 3.63) is 35.9 Å². The monoisotopic (exact) mass is 287 g/mol. The van der Waals surface area contributed by atoms with Crippen molar-refractivity contribution in [1.82, 2.24) is 15.0 Å². The summed E-state index contributed by atoms with van der Waals surface area (Å²) in [5.74, 6) is -0.109. The molecule has 9 heteroatoms. The van der Waals surface area contributed by atoms with Crippen molar-refractivity contribution < 1.29 is 17.7 Å². The van der Waals surface area contributed by atoms with E-state index in [1.807, 2.05) is 0 Å². The van der Waals surface area contributed by atoms with E-state index in [2.05, 4.69) is 15.0 Å². The maximum atomic E-state index is 11.1. The standard InChI is InChI=1S/C9H6ClN3O4S/c10-8-11-5-12-9(13-8)17-6-3-1-2-4-7(6)18(14,15)16/h1-5H,(H,14,15,16). The maximum Gasteiger partial charge on any atom is 0.326 e. The number of benzene rings is 1. The van der Waals surface area contributed by atoms with Gasteiger partial charge < -0.3 is 4.74 Å². The third-order valence-corrected chi connectivity index (χ3v) is 2.92. The van der Waals surface area contributed by atoms with E-state index in [0.717, 1.165) is 6.33 Å². The first-order valence-electron chi connectivity index (χ1n) is 4.56. The molecule has 1 heterocycles. The second-order valence-electron chi connectivity index (χ2n) is 3.06. The predicted octanol–water partition coefficient (Wildman–Crippen LogP) is 1.56. The van der Waals surface area contributed by atoms with E-state index in [9.17, 15) is 8.42 Å². The zero-order valence-electron chi connectivity index (χ0n) is 8.69. The van der Waals surface area contributed by atoms with Gasteiger partial charge in [0.1, 0.15) is 11.2 Å². The van der Waals surface area contributed by atoms with E-state index in [-0.39, 0.29) is 21.9 Å². The van der Waals surface area contributed by atoms with Gasteiger partial charge in [-0.3, -0.25) is 4.55 Å². The van der Waals surface area contributed by atoms with Crippen LogP contribution in [0.2, 0.25) is 5.28 Å². The number of hydrogen-bond acceptors (Lipinski definition) is 6. The Hall–Kier alpha value is -1.77. The van der Waals surface area contributed by atoms with Gasteiger partial charge >= 0.3 is 6.01 Å². The van der Waals surface area contributed by atoms with Crippen LogP contribution < -0.4 is 4.74 Å². The van der Waals surface area contributed by atoms with Crippen LogP contribution in [0.3, 0.4) is 0 Å². The van der Waals surface area contributed by atoms with E-state index >= 15 is 0 Å². The zero-order chi connectivity index (χ0) is 13.2. The minimum absolute atomic E-state index is 0.0932. The highest BCUT2D eigenvalue weighted by Crippen LogP contribution is 2.26. The lowest BCUT2D eigenvalue weighted by molar-refractivity contribution is 0.420. The smallest absolute Gasteiger partial charge is 0.326 e. The summed E-state index contributed by atoms with van der Waals surface area (Å²) in [5, 5.41) is -0.0932. The van der Waals surface area contributed by atoms with Gasteiger partial charge in [-0.25, -0.2) is 4.98 Å². The van der Waals surface area contributed by atoms with Gasteiger partial charge in [-0.2, -0.15) is 18.4 Å². The Bertz CT molecular complexity index is 677. The van der Waals surface area contributed by atoms with E-state index in [1.165, 1.54) is 24.3 Å². The summed E-state index contributed by atoms with van der Waals surface area (Å²) in [5.41, 5.74) is 0. The third kappa shape index (κ3) is 2.92. The summed E-state index contributed by atoms with van der Waals surface area (Å²) < 4.78 is 36.4. The molecule has 18 heavy (non-hydrogen) atoms. The molecule has 1 aromatic heterocycles. The quantitative estimate of drug-likeness (QED) is 0.855. The average Bonchev–Trinajstić information content (AvgIpc) is 2.28. The molecule has 2 aromatic rings. The fourth-order valence-electron chi connectivity index (χ4n) is 1.16. The van der Waals surface area contributed by atoms with Crippen LogP contribution >= 0.6 is 11.6 Å². The number of para-hydroxylation sites is 1. The Kier molecular flexibility index (Phi) is 3.41. The van der Waals surface area contributed by atoms with Crippen LogP contribution in [0.1, 0.15) is 0 Å². The van der Waals surface area contributed by atoms with Gasteiger partial charge in [0.25, 0.3) is 10.1 Å². The van der Waals surface area contributed by atoms with Crippen LogP contribution in [0.15, 0.2) is 35.5 Å². The summed E-state index contributed by atoms with van der Waals surface area (Å²) in [7, 11) is -4.39. The number of nitrogens with zero attached hydrogens (tertiary/aromatic N) is 3. The molecule has 0 saturated heterocycles. The highest BCUT2D eigenvalue weighted by molar-refractivity contribution is 7.86. The van der Waals surface area contributed by atoms with Crippen LogP contribution in [0.4, 0.5) is 0 Å². The molecule has 0 atom stereocenters. The van der Waals surface area contributed by atoms with Crippen LogP contribution in [-0.2, 0) is 10.1 Å². The first-order chi connectivity index (χ1) is 8.47. The van der Waals surface area contributed by atoms with Crippen molar-refractivity contribution in [2.45, 2.75) is 4.90 Å². The average molecular weight is 288 g/mol. The molecular weight excluding hydrogens is 282 g/mol. The van der Waals surface area contributed by atoms with Crippen LogP contribution in [0.5, 0.6) is 11.8 Å². The highest BCUT2D eigenvalue weighted by Gasteiger charge is 2.17. The van der Waals surface area contributed by atoms with E-state index in [4.69, 9.17) is 20.9 Å². The summed E-state index contributed by atoms with van der Waals surface area (Å²) in [6, 6.07) is 5.34. The molecule has 7 nitrogen and oxygen atoms in total. The zero-order valence-corrected chi connectivity index (χ0v) is 10.3. The van der Waals surface area contributed by atoms with Crippen LogP contribution in [0.25, 0.3) is 0 Å². The SMILES string of the molecule is O=S(=O)(O)c1ccccc1Oc1ncnc(Cl)n1. The van der Waals surface area contributed by atoms with Crippen LogP contribution in [-0.4, -0.2) is 27.9 Å². The molecule has 1 aromatic carbocycles. The molecule has 0 amide bonds. The first kappa shape index (κ1) is 12.7. The summed E-state index contributed by atoms with van der Waals surface area (Å²) in [4.78, 5) is 10.4. The Balaban J connectivity index is 2.41. The number of hydrogen-bond donors (Lipinski definition) is 1. The maximum absolute atomic E-state index is 11.1. The molecule has 0 bridgehead atoms. The molecule has 0 aliphatic rings. The lowest BCUT2D eigenvalue weighted by Crippen LogP contribution is -2.02. The second-order valence-corrected chi connectivity index (χ2v) is 4.79. The Labute approximate surface area is 107 Å². The van der Waals surface area contributed by atoms with Crippen molar-refractivity contribution in [3.63, 3.8) is 0 Å². The fraction of sp³-hybridized carbons (Fsp3) is 0. The minimum Gasteiger partial charge on any atom is -0.423 e. The Morgan fingerprint density at radius 3 is 2.61 bits per heavy atom. The Morgan fingerprint density at radius 1 is 1.22 bits per heavy atom. The normalized spacial score (nSPS) is 11.2. The second kappa shape index (κ2) is 4.84. The van der Waals surface area contributed by atoms with E-state index in [0.29, 0.717) is 0 Å². The lowest BCUT2D eigenvalue weighted by atomic mass is 10.3. The lowest BCUT2D eigenvalue weighted by Gasteiger charge is -2.06. The van der Waals surface area contributed by atoms with Gasteiger partial charge in [0.2, 0.25) is 5.28 Å². The van der Waals surface area contributed by atoms with Gasteiger partial charge in [-0.05, 0) is 23.7 Å². The summed E-state index contributed by atoms with van der Waals surface area (Å²) in [6.45, 7) is 0. The van der Waals surface area contributed by atoms with Crippen molar-refractivity contribution in [3.8, 4) is 11.8 Å². The van der Waals surface area contributed by atoms with Crippen LogP contribution in [0, 0.1) is 0 Å². The van der Waals surface area contributed by atoms with Gasteiger partial charge in [0.15, 0.2) is 5.75 Å². The molecular formula is C9H6ClN3O4S. The topological polar surface area (TPSA) is 102 Å². The summed E-state index contributed by atoms with van der Waals surface area (Å²) >= 11 is 5.53. The summed E-state index contributed by atoms with van der Waals surface area (Å²) in [6.07, 6.45) is 1.11. The number of halogens is 1. The molecule has 0 unspecified atom stereocenters. The van der Waals surface area contributed by atoms with Gasteiger partial charge in [0, 0.05) is 0 Å². The molecule has 0 saturated carbocycles. The van der Waals surface area contributed by atoms with Gasteiger partial charge in [-0.1, -0.05) is 12.1 Å². The van der Waals surface area contributed by atoms with Crippen molar-refractivity contribution in [2.75, 3.05) is 0 Å². The number of rotatable bonds is 3. The first-order valence-corrected chi connectivity index (χ1v) is 6.37. The van der Waals surface area contributed by atoms with E-state index in [1.54, 1.807) is 0 Å². The molecule has 2 rings (SSSR count). The number of ether oxygens (including phenoxy) is 1. The highest BCUT2D eigenvalue weighted by atomic mass is 35.5. The van der Waals surface area contributed by atoms with Gasteiger partial charge in [0.05, 0.1) is 0 Å². The fourth-order valence-corrected chi connectivity index (χ4v) is 1.89. The van der Waals surface area contributed by atoms with Crippen molar-refractivity contribution in [1.29, 1.82) is 0 Å². The molecule has 0 aliphatic carbocycles. The van der Waals surface area contributed by atoms with Gasteiger partial charge in [-0.15, -0.1) is 0 Å². The van der Waals surface area contributed by atoms with Crippen molar-refractivity contribution >= 4 is 21.7 Å². The molecule has 0 fully saturated rings. The molecule has 1 N–H and O–H groups in total. The van der Waals surface area contributed by atoms with Crippen molar-refractivity contribution in [2.24, 2.45) is 0 Å². The molecule has 0 spiro atoms. The molecule has 0 radical (unpaired) electrons. The third-order valence-electron chi connectivity index (χ3n) is 1.85. The minimum atomic E-state index is -4.39. The Morgan fingerprint density at radius 2 is 1.94 bits per heavy atom. The largest absolute Gasteiger partial charge is 0.423 e. The molecule has 0 aliphatic heterocycles. The molecule has 94 valence electrons. The number of aromatic nitrogens is 3. The predicted molar refractivity (Wildman–Crippen MR) is 61.2 cm³/mol.